The standard InChI is InChI=1S/C14H20N4O3/c1-17-6-8-18(9-7-17)13(19)10-21-12-5-3-2-4-11(12)14(15)16-20/h2-5,20H,6-10H2,1H3,(H2,15,16). The monoisotopic (exact) mass is 292 g/mol. The summed E-state index contributed by atoms with van der Waals surface area (Å²) in [6, 6.07) is 6.88. The summed E-state index contributed by atoms with van der Waals surface area (Å²) in [5.41, 5.74) is 6.04. The average Bonchev–Trinajstić information content (AvgIpc) is 2.52. The van der Waals surface area contributed by atoms with E-state index < -0.39 is 0 Å². The molecule has 0 radical (unpaired) electrons. The van der Waals surface area contributed by atoms with Crippen molar-refractivity contribution in [3.05, 3.63) is 29.8 Å². The molecule has 1 heterocycles. The number of hydrogen-bond donors (Lipinski definition) is 2. The molecule has 3 N–H and O–H groups in total. The van der Waals surface area contributed by atoms with Gasteiger partial charge in [-0.15, -0.1) is 0 Å². The summed E-state index contributed by atoms with van der Waals surface area (Å²) in [4.78, 5) is 16.1. The number of oxime groups is 1. The Morgan fingerprint density at radius 2 is 2.00 bits per heavy atom. The summed E-state index contributed by atoms with van der Waals surface area (Å²) in [6.07, 6.45) is 0. The number of nitrogens with two attached hydrogens (primary N) is 1. The lowest BCUT2D eigenvalue weighted by atomic mass is 10.2. The normalized spacial score (nSPS) is 16.8. The van der Waals surface area contributed by atoms with Crippen LogP contribution in [0.2, 0.25) is 0 Å². The van der Waals surface area contributed by atoms with Gasteiger partial charge in [-0.05, 0) is 19.2 Å². The fourth-order valence-corrected chi connectivity index (χ4v) is 2.14. The van der Waals surface area contributed by atoms with Crippen LogP contribution in [-0.2, 0) is 4.79 Å². The van der Waals surface area contributed by atoms with Crippen molar-refractivity contribution in [2.45, 2.75) is 0 Å². The number of para-hydroxylation sites is 1. The Bertz CT molecular complexity index is 525. The van der Waals surface area contributed by atoms with Crippen molar-refractivity contribution in [2.75, 3.05) is 39.8 Å². The van der Waals surface area contributed by atoms with E-state index in [0.717, 1.165) is 13.1 Å². The van der Waals surface area contributed by atoms with Gasteiger partial charge in [-0.1, -0.05) is 17.3 Å². The third-order valence-electron chi connectivity index (χ3n) is 3.48. The van der Waals surface area contributed by atoms with Gasteiger partial charge >= 0.3 is 0 Å². The minimum atomic E-state index is -0.0580. The summed E-state index contributed by atoms with van der Waals surface area (Å²) < 4.78 is 5.53. The van der Waals surface area contributed by atoms with Gasteiger partial charge in [-0.3, -0.25) is 4.79 Å². The van der Waals surface area contributed by atoms with Crippen molar-refractivity contribution in [3.8, 4) is 5.75 Å². The van der Waals surface area contributed by atoms with Crippen molar-refractivity contribution in [2.24, 2.45) is 10.9 Å². The van der Waals surface area contributed by atoms with Crippen molar-refractivity contribution in [3.63, 3.8) is 0 Å². The van der Waals surface area contributed by atoms with Crippen LogP contribution in [0.4, 0.5) is 0 Å². The molecule has 7 nitrogen and oxygen atoms in total. The highest BCUT2D eigenvalue weighted by Crippen LogP contribution is 2.17. The molecule has 1 fully saturated rings. The van der Waals surface area contributed by atoms with E-state index in [-0.39, 0.29) is 18.3 Å². The number of carbonyl (C=O) groups excluding carboxylic acids is 1. The zero-order chi connectivity index (χ0) is 15.2. The summed E-state index contributed by atoms with van der Waals surface area (Å²) in [5, 5.41) is 11.7. The molecule has 1 aromatic carbocycles. The molecule has 1 saturated heterocycles. The number of nitrogens with zero attached hydrogens (tertiary/aromatic N) is 3. The van der Waals surface area contributed by atoms with Crippen LogP contribution in [0, 0.1) is 0 Å². The molecule has 1 aliphatic heterocycles. The van der Waals surface area contributed by atoms with E-state index in [1.807, 2.05) is 7.05 Å². The minimum absolute atomic E-state index is 0.0438. The molecule has 21 heavy (non-hydrogen) atoms. The fourth-order valence-electron chi connectivity index (χ4n) is 2.14. The van der Waals surface area contributed by atoms with Crippen LogP contribution in [0.3, 0.4) is 0 Å². The summed E-state index contributed by atoms with van der Waals surface area (Å²) in [7, 11) is 2.03. The lowest BCUT2D eigenvalue weighted by molar-refractivity contribution is -0.134. The van der Waals surface area contributed by atoms with Gasteiger partial charge in [0, 0.05) is 26.2 Å². The summed E-state index contributed by atoms with van der Waals surface area (Å²) in [6.45, 7) is 3.10. The minimum Gasteiger partial charge on any atom is -0.483 e. The van der Waals surface area contributed by atoms with Gasteiger partial charge in [0.05, 0.1) is 5.56 Å². The first-order chi connectivity index (χ1) is 10.1. The van der Waals surface area contributed by atoms with Gasteiger partial charge in [-0.25, -0.2) is 0 Å². The van der Waals surface area contributed by atoms with Crippen LogP contribution >= 0.6 is 0 Å². The Labute approximate surface area is 123 Å². The predicted molar refractivity (Wildman–Crippen MR) is 78.5 cm³/mol. The van der Waals surface area contributed by atoms with Gasteiger partial charge in [-0.2, -0.15) is 0 Å². The molecule has 0 aromatic heterocycles. The van der Waals surface area contributed by atoms with E-state index in [2.05, 4.69) is 10.1 Å². The molecule has 0 unspecified atom stereocenters. The van der Waals surface area contributed by atoms with Gasteiger partial charge in [0.25, 0.3) is 5.91 Å². The smallest absolute Gasteiger partial charge is 0.260 e. The molecular weight excluding hydrogens is 272 g/mol. The maximum atomic E-state index is 12.1. The van der Waals surface area contributed by atoms with E-state index >= 15 is 0 Å². The lowest BCUT2D eigenvalue weighted by Crippen LogP contribution is -2.48. The number of amidine groups is 1. The fraction of sp³-hybridized carbons (Fsp3) is 0.429. The second-order valence-electron chi connectivity index (χ2n) is 4.95. The maximum Gasteiger partial charge on any atom is 0.260 e. The Morgan fingerprint density at radius 1 is 1.33 bits per heavy atom. The summed E-state index contributed by atoms with van der Waals surface area (Å²) >= 11 is 0. The van der Waals surface area contributed by atoms with Crippen LogP contribution in [0.5, 0.6) is 5.75 Å². The lowest BCUT2D eigenvalue weighted by Gasteiger charge is -2.32. The Hall–Kier alpha value is -2.28. The first kappa shape index (κ1) is 15.1. The first-order valence-electron chi connectivity index (χ1n) is 6.78. The molecule has 0 atom stereocenters. The van der Waals surface area contributed by atoms with Crippen molar-refractivity contribution in [1.29, 1.82) is 0 Å². The molecule has 7 heteroatoms. The van der Waals surface area contributed by atoms with Crippen LogP contribution in [0.15, 0.2) is 29.4 Å². The van der Waals surface area contributed by atoms with Crippen molar-refractivity contribution < 1.29 is 14.7 Å². The van der Waals surface area contributed by atoms with E-state index in [0.29, 0.717) is 24.4 Å². The molecule has 2 rings (SSSR count). The third kappa shape index (κ3) is 3.85. The zero-order valence-electron chi connectivity index (χ0n) is 12.0. The van der Waals surface area contributed by atoms with Crippen molar-refractivity contribution in [1.82, 2.24) is 9.80 Å². The number of likely N-dealkylation sites (N-methyl/N-ethyl adjacent to an activating group) is 1. The number of piperazine rings is 1. The van der Waals surface area contributed by atoms with Gasteiger partial charge in [0.1, 0.15) is 5.75 Å². The molecule has 0 bridgehead atoms. The number of rotatable bonds is 4. The van der Waals surface area contributed by atoms with Gasteiger partial charge < -0.3 is 25.5 Å². The molecular formula is C14H20N4O3. The van der Waals surface area contributed by atoms with Crippen LogP contribution in [0.1, 0.15) is 5.56 Å². The van der Waals surface area contributed by atoms with Crippen LogP contribution < -0.4 is 10.5 Å². The average molecular weight is 292 g/mol. The molecule has 0 aliphatic carbocycles. The summed E-state index contributed by atoms with van der Waals surface area (Å²) in [5.74, 6) is 0.324. The Balaban J connectivity index is 1.95. The third-order valence-corrected chi connectivity index (χ3v) is 3.48. The van der Waals surface area contributed by atoms with E-state index in [1.54, 1.807) is 29.2 Å². The number of benzene rings is 1. The highest BCUT2D eigenvalue weighted by Gasteiger charge is 2.19. The van der Waals surface area contributed by atoms with E-state index in [1.165, 1.54) is 0 Å². The van der Waals surface area contributed by atoms with Crippen LogP contribution in [0.25, 0.3) is 0 Å². The molecule has 0 saturated carbocycles. The van der Waals surface area contributed by atoms with Gasteiger partial charge in [0.2, 0.25) is 0 Å². The molecule has 1 aliphatic rings. The topological polar surface area (TPSA) is 91.4 Å². The van der Waals surface area contributed by atoms with E-state index in [9.17, 15) is 4.79 Å². The highest BCUT2D eigenvalue weighted by molar-refractivity contribution is 5.99. The number of amides is 1. The maximum absolute atomic E-state index is 12.1. The molecule has 0 spiro atoms. The number of ether oxygens (including phenoxy) is 1. The van der Waals surface area contributed by atoms with Crippen molar-refractivity contribution >= 4 is 11.7 Å². The SMILES string of the molecule is CN1CCN(C(=O)COc2ccccc2/C(N)=N/O)CC1. The quantitative estimate of drug-likeness (QED) is 0.351. The molecule has 1 amide bonds. The Kier molecular flexibility index (Phi) is 4.99. The molecule has 114 valence electrons. The molecule has 1 aromatic rings. The van der Waals surface area contributed by atoms with Crippen LogP contribution in [-0.4, -0.2) is 66.6 Å². The van der Waals surface area contributed by atoms with Gasteiger partial charge in [0.15, 0.2) is 12.4 Å². The second-order valence-corrected chi connectivity index (χ2v) is 4.95. The number of carbonyl (C=O) groups is 1. The van der Waals surface area contributed by atoms with E-state index in [4.69, 9.17) is 15.7 Å². The zero-order valence-corrected chi connectivity index (χ0v) is 12.0. The predicted octanol–water partition coefficient (Wildman–Crippen LogP) is -0.0661. The highest BCUT2D eigenvalue weighted by atomic mass is 16.5. The first-order valence-corrected chi connectivity index (χ1v) is 6.78. The number of hydrogen-bond acceptors (Lipinski definition) is 5. The largest absolute Gasteiger partial charge is 0.483 e. The Morgan fingerprint density at radius 3 is 2.67 bits per heavy atom. The second kappa shape index (κ2) is 6.94.